The van der Waals surface area contributed by atoms with Gasteiger partial charge in [-0.3, -0.25) is 15.0 Å². The average molecular weight is 259 g/mol. The number of imide groups is 1. The number of aliphatic hydroxyl groups excluding tert-OH is 1. The number of rotatable bonds is 3. The van der Waals surface area contributed by atoms with Crippen molar-refractivity contribution in [1.29, 1.82) is 0 Å². The third-order valence-electron chi connectivity index (χ3n) is 2.88. The van der Waals surface area contributed by atoms with Crippen LogP contribution in [0.25, 0.3) is 0 Å². The summed E-state index contributed by atoms with van der Waals surface area (Å²) in [4.78, 5) is 24.2. The number of carbonyl (C=O) groups excluding carboxylic acids is 2. The Morgan fingerprint density at radius 3 is 2.72 bits per heavy atom. The number of morpholine rings is 1. The molecule has 2 unspecified atom stereocenters. The van der Waals surface area contributed by atoms with Gasteiger partial charge in [0.25, 0.3) is 0 Å². The molecule has 0 radical (unpaired) electrons. The molecule has 104 valence electrons. The Labute approximate surface area is 106 Å². The molecule has 18 heavy (non-hydrogen) atoms. The van der Waals surface area contributed by atoms with Crippen molar-refractivity contribution >= 4 is 11.9 Å². The lowest BCUT2D eigenvalue weighted by molar-refractivity contribution is -0.160. The minimum absolute atomic E-state index is 0.107. The Hall–Kier alpha value is -1.18. The second-order valence-corrected chi connectivity index (χ2v) is 5.14. The van der Waals surface area contributed by atoms with E-state index < -0.39 is 23.6 Å². The van der Waals surface area contributed by atoms with Crippen LogP contribution in [-0.2, 0) is 9.53 Å². The molecule has 1 aliphatic rings. The number of hydrogen-bond donors (Lipinski definition) is 3. The molecule has 0 bridgehead atoms. The highest BCUT2D eigenvalue weighted by atomic mass is 16.5. The van der Waals surface area contributed by atoms with Crippen LogP contribution in [-0.4, -0.2) is 59.4 Å². The van der Waals surface area contributed by atoms with Crippen LogP contribution in [0.5, 0.6) is 0 Å². The van der Waals surface area contributed by atoms with Crippen molar-refractivity contribution in [2.24, 2.45) is 5.73 Å². The Morgan fingerprint density at radius 2 is 2.22 bits per heavy atom. The zero-order chi connectivity index (χ0) is 13.9. The molecule has 0 spiro atoms. The van der Waals surface area contributed by atoms with Gasteiger partial charge in [-0.1, -0.05) is 0 Å². The predicted octanol–water partition coefficient (Wildman–Crippen LogP) is -0.958. The van der Waals surface area contributed by atoms with Crippen LogP contribution >= 0.6 is 0 Å². The molecule has 1 rings (SSSR count). The van der Waals surface area contributed by atoms with E-state index in [4.69, 9.17) is 10.5 Å². The molecule has 3 amide bonds. The van der Waals surface area contributed by atoms with Gasteiger partial charge in [-0.05, 0) is 20.8 Å². The second-order valence-electron chi connectivity index (χ2n) is 5.14. The standard InChI is InChI=1S/C11H21N3O4/c1-7(9(16)13-10(12)17)14-4-8(5-15)18-11(2,3)6-14/h7-8,15H,4-6H2,1-3H3,(H3,12,13,16,17). The second kappa shape index (κ2) is 5.64. The number of hydrogen-bond acceptors (Lipinski definition) is 5. The third-order valence-corrected chi connectivity index (χ3v) is 2.88. The number of aliphatic hydroxyl groups is 1. The number of urea groups is 1. The summed E-state index contributed by atoms with van der Waals surface area (Å²) in [5, 5.41) is 11.2. The van der Waals surface area contributed by atoms with E-state index >= 15 is 0 Å². The number of primary amides is 1. The number of nitrogens with two attached hydrogens (primary N) is 1. The molecule has 0 saturated carbocycles. The Balaban J connectivity index is 2.69. The van der Waals surface area contributed by atoms with Crippen molar-refractivity contribution in [1.82, 2.24) is 10.2 Å². The summed E-state index contributed by atoms with van der Waals surface area (Å²) in [6.45, 7) is 6.34. The minimum atomic E-state index is -0.863. The molecule has 7 heteroatoms. The Morgan fingerprint density at radius 1 is 1.61 bits per heavy atom. The molecule has 2 atom stereocenters. The van der Waals surface area contributed by atoms with Crippen LogP contribution in [0, 0.1) is 0 Å². The van der Waals surface area contributed by atoms with Crippen molar-refractivity contribution in [3.05, 3.63) is 0 Å². The number of carbonyl (C=O) groups is 2. The molecular formula is C11H21N3O4. The number of amides is 3. The van der Waals surface area contributed by atoms with E-state index in [1.165, 1.54) is 0 Å². The quantitative estimate of drug-likeness (QED) is 0.605. The molecule has 0 aromatic heterocycles. The van der Waals surface area contributed by atoms with Crippen molar-refractivity contribution in [2.75, 3.05) is 19.7 Å². The monoisotopic (exact) mass is 259 g/mol. The van der Waals surface area contributed by atoms with E-state index in [2.05, 4.69) is 5.32 Å². The van der Waals surface area contributed by atoms with E-state index in [0.717, 1.165) is 0 Å². The SMILES string of the molecule is CC(C(=O)NC(N)=O)N1CC(CO)OC(C)(C)C1. The molecule has 0 aromatic carbocycles. The first-order chi connectivity index (χ1) is 8.25. The van der Waals surface area contributed by atoms with Crippen LogP contribution in [0.1, 0.15) is 20.8 Å². The molecule has 0 aliphatic carbocycles. The molecule has 4 N–H and O–H groups in total. The summed E-state index contributed by atoms with van der Waals surface area (Å²) in [7, 11) is 0. The Bertz CT molecular complexity index is 332. The lowest BCUT2D eigenvalue weighted by atomic mass is 10.0. The first kappa shape index (κ1) is 14.9. The van der Waals surface area contributed by atoms with E-state index in [0.29, 0.717) is 13.1 Å². The topological polar surface area (TPSA) is 105 Å². The van der Waals surface area contributed by atoms with Crippen LogP contribution in [0.3, 0.4) is 0 Å². The van der Waals surface area contributed by atoms with Gasteiger partial charge in [0.15, 0.2) is 0 Å². The molecule has 1 saturated heterocycles. The number of ether oxygens (including phenoxy) is 1. The van der Waals surface area contributed by atoms with Gasteiger partial charge in [0.1, 0.15) is 0 Å². The van der Waals surface area contributed by atoms with E-state index in [-0.39, 0.29) is 12.7 Å². The van der Waals surface area contributed by atoms with Gasteiger partial charge in [-0.25, -0.2) is 4.79 Å². The van der Waals surface area contributed by atoms with Crippen molar-refractivity contribution < 1.29 is 19.4 Å². The lowest BCUT2D eigenvalue weighted by Crippen LogP contribution is -2.59. The summed E-state index contributed by atoms with van der Waals surface area (Å²) < 4.78 is 5.65. The maximum Gasteiger partial charge on any atom is 0.318 e. The Kier molecular flexibility index (Phi) is 4.66. The van der Waals surface area contributed by atoms with E-state index in [1.54, 1.807) is 6.92 Å². The molecule has 7 nitrogen and oxygen atoms in total. The maximum atomic E-state index is 11.7. The average Bonchev–Trinajstić information content (AvgIpc) is 2.24. The fourth-order valence-electron chi connectivity index (χ4n) is 2.12. The van der Waals surface area contributed by atoms with Crippen molar-refractivity contribution in [3.63, 3.8) is 0 Å². The fraction of sp³-hybridized carbons (Fsp3) is 0.818. The highest BCUT2D eigenvalue weighted by Gasteiger charge is 2.36. The van der Waals surface area contributed by atoms with Crippen LogP contribution in [0.2, 0.25) is 0 Å². The number of nitrogens with zero attached hydrogens (tertiary/aromatic N) is 1. The summed E-state index contributed by atoms with van der Waals surface area (Å²) in [6.07, 6.45) is -0.336. The molecule has 1 heterocycles. The zero-order valence-corrected chi connectivity index (χ0v) is 11.0. The van der Waals surface area contributed by atoms with Crippen molar-refractivity contribution in [2.45, 2.75) is 38.5 Å². The smallest absolute Gasteiger partial charge is 0.318 e. The first-order valence-electron chi connectivity index (χ1n) is 5.88. The zero-order valence-electron chi connectivity index (χ0n) is 11.0. The maximum absolute atomic E-state index is 11.7. The largest absolute Gasteiger partial charge is 0.394 e. The minimum Gasteiger partial charge on any atom is -0.394 e. The van der Waals surface area contributed by atoms with Gasteiger partial charge in [-0.2, -0.15) is 0 Å². The van der Waals surface area contributed by atoms with Gasteiger partial charge in [-0.15, -0.1) is 0 Å². The van der Waals surface area contributed by atoms with Gasteiger partial charge in [0, 0.05) is 13.1 Å². The lowest BCUT2D eigenvalue weighted by Gasteiger charge is -2.44. The molecule has 1 aliphatic heterocycles. The van der Waals surface area contributed by atoms with Crippen molar-refractivity contribution in [3.8, 4) is 0 Å². The van der Waals surface area contributed by atoms with Crippen LogP contribution in [0.4, 0.5) is 4.79 Å². The van der Waals surface area contributed by atoms with Gasteiger partial charge in [0.2, 0.25) is 5.91 Å². The third kappa shape index (κ3) is 3.94. The highest BCUT2D eigenvalue weighted by molar-refractivity contribution is 5.96. The fourth-order valence-corrected chi connectivity index (χ4v) is 2.12. The van der Waals surface area contributed by atoms with Gasteiger partial charge in [0.05, 0.1) is 24.4 Å². The highest BCUT2D eigenvalue weighted by Crippen LogP contribution is 2.22. The molecular weight excluding hydrogens is 238 g/mol. The van der Waals surface area contributed by atoms with E-state index in [9.17, 15) is 14.7 Å². The summed E-state index contributed by atoms with van der Waals surface area (Å²) in [5.74, 6) is -0.447. The molecule has 0 aromatic rings. The van der Waals surface area contributed by atoms with E-state index in [1.807, 2.05) is 18.7 Å². The summed E-state index contributed by atoms with van der Waals surface area (Å²) >= 11 is 0. The molecule has 1 fully saturated rings. The number of nitrogens with one attached hydrogen (secondary N) is 1. The van der Waals surface area contributed by atoms with Crippen LogP contribution in [0.15, 0.2) is 0 Å². The predicted molar refractivity (Wildman–Crippen MR) is 64.8 cm³/mol. The summed E-state index contributed by atoms with van der Waals surface area (Å²) in [6, 6.07) is -1.37. The normalized spacial score (nSPS) is 25.4. The van der Waals surface area contributed by atoms with Gasteiger partial charge < -0.3 is 15.6 Å². The van der Waals surface area contributed by atoms with Crippen LogP contribution < -0.4 is 11.1 Å². The summed E-state index contributed by atoms with van der Waals surface area (Å²) in [5.41, 5.74) is 4.46. The first-order valence-corrected chi connectivity index (χ1v) is 5.88. The van der Waals surface area contributed by atoms with Gasteiger partial charge >= 0.3 is 6.03 Å².